The zero-order valence-electron chi connectivity index (χ0n) is 16.4. The molecule has 2 amide bonds. The average molecular weight is 376 g/mol. The summed E-state index contributed by atoms with van der Waals surface area (Å²) >= 11 is 0. The van der Waals surface area contributed by atoms with Crippen LogP contribution in [0.15, 0.2) is 48.5 Å². The second kappa shape index (κ2) is 7.03. The highest BCUT2D eigenvalue weighted by Gasteiger charge is 2.20. The van der Waals surface area contributed by atoms with Crippen molar-refractivity contribution >= 4 is 28.4 Å². The van der Waals surface area contributed by atoms with Gasteiger partial charge in [-0.05, 0) is 41.3 Å². The van der Waals surface area contributed by atoms with Crippen LogP contribution in [0.2, 0.25) is 0 Å². The summed E-state index contributed by atoms with van der Waals surface area (Å²) in [5.74, 6) is 0.00301. The van der Waals surface area contributed by atoms with Crippen LogP contribution in [-0.2, 0) is 24.9 Å². The Hall–Kier alpha value is -3.28. The highest BCUT2D eigenvalue weighted by Crippen LogP contribution is 2.23. The van der Waals surface area contributed by atoms with Gasteiger partial charge < -0.3 is 19.7 Å². The second-order valence-electron chi connectivity index (χ2n) is 7.39. The summed E-state index contributed by atoms with van der Waals surface area (Å²) in [6.45, 7) is 1.30. The molecule has 0 bridgehead atoms. The number of carbonyl (C=O) groups excluding carboxylic acids is 2. The first-order valence-corrected chi connectivity index (χ1v) is 9.33. The lowest BCUT2D eigenvalue weighted by atomic mass is 10.1. The smallest absolute Gasteiger partial charge is 0.253 e. The molecule has 28 heavy (non-hydrogen) atoms. The molecule has 0 saturated carbocycles. The number of hydrogen-bond donors (Lipinski definition) is 1. The summed E-state index contributed by atoms with van der Waals surface area (Å²) in [4.78, 5) is 28.3. The van der Waals surface area contributed by atoms with Crippen molar-refractivity contribution < 1.29 is 9.59 Å². The molecule has 144 valence electrons. The van der Waals surface area contributed by atoms with E-state index in [1.165, 1.54) is 5.39 Å². The van der Waals surface area contributed by atoms with Crippen molar-refractivity contribution in [3.05, 3.63) is 65.4 Å². The Morgan fingerprint density at radius 1 is 1.14 bits per heavy atom. The van der Waals surface area contributed by atoms with Crippen LogP contribution in [0.1, 0.15) is 21.6 Å². The minimum absolute atomic E-state index is 0.0358. The van der Waals surface area contributed by atoms with Gasteiger partial charge in [-0.2, -0.15) is 0 Å². The summed E-state index contributed by atoms with van der Waals surface area (Å²) < 4.78 is 2.13. The van der Waals surface area contributed by atoms with E-state index in [1.807, 2.05) is 44.4 Å². The van der Waals surface area contributed by atoms with E-state index in [0.29, 0.717) is 18.7 Å². The van der Waals surface area contributed by atoms with E-state index in [1.54, 1.807) is 16.8 Å². The van der Waals surface area contributed by atoms with Crippen LogP contribution < -0.4 is 5.32 Å². The fourth-order valence-electron chi connectivity index (χ4n) is 3.71. The summed E-state index contributed by atoms with van der Waals surface area (Å²) in [6, 6.07) is 15.9. The first-order chi connectivity index (χ1) is 13.4. The third-order valence-corrected chi connectivity index (χ3v) is 5.41. The molecule has 1 aliphatic rings. The largest absolute Gasteiger partial charge is 0.376 e. The first kappa shape index (κ1) is 18.1. The molecule has 2 aromatic carbocycles. The van der Waals surface area contributed by atoms with Crippen LogP contribution in [0, 0.1) is 0 Å². The molecule has 0 atom stereocenters. The molecule has 0 aliphatic carbocycles. The number of para-hydroxylation sites is 1. The lowest BCUT2D eigenvalue weighted by molar-refractivity contribution is -0.128. The Labute approximate surface area is 164 Å². The van der Waals surface area contributed by atoms with Crippen LogP contribution in [0.5, 0.6) is 0 Å². The third kappa shape index (κ3) is 3.22. The lowest BCUT2D eigenvalue weighted by Gasteiger charge is -2.19. The predicted molar refractivity (Wildman–Crippen MR) is 110 cm³/mol. The van der Waals surface area contributed by atoms with Gasteiger partial charge in [0.25, 0.3) is 5.91 Å². The topological polar surface area (TPSA) is 57.6 Å². The normalized spacial score (nSPS) is 13.8. The number of hydrogen-bond acceptors (Lipinski definition) is 3. The average Bonchev–Trinajstić information content (AvgIpc) is 2.93. The van der Waals surface area contributed by atoms with Crippen molar-refractivity contribution in [3.63, 3.8) is 0 Å². The van der Waals surface area contributed by atoms with Crippen molar-refractivity contribution in [2.24, 2.45) is 7.05 Å². The Kier molecular flexibility index (Phi) is 4.55. The molecule has 3 aromatic rings. The number of aromatic nitrogens is 1. The number of nitrogens with one attached hydrogen (secondary N) is 1. The van der Waals surface area contributed by atoms with Gasteiger partial charge >= 0.3 is 0 Å². The monoisotopic (exact) mass is 376 g/mol. The van der Waals surface area contributed by atoms with E-state index in [4.69, 9.17) is 0 Å². The van der Waals surface area contributed by atoms with Gasteiger partial charge in [-0.3, -0.25) is 9.59 Å². The van der Waals surface area contributed by atoms with Crippen LogP contribution in [0.4, 0.5) is 5.69 Å². The minimum Gasteiger partial charge on any atom is -0.376 e. The van der Waals surface area contributed by atoms with Crippen LogP contribution in [0.25, 0.3) is 10.9 Å². The van der Waals surface area contributed by atoms with Gasteiger partial charge in [0.05, 0.1) is 13.1 Å². The van der Waals surface area contributed by atoms with Crippen molar-refractivity contribution in [2.75, 3.05) is 26.0 Å². The molecular weight excluding hydrogens is 352 g/mol. The minimum atomic E-state index is -0.0358. The number of rotatable bonds is 3. The van der Waals surface area contributed by atoms with Gasteiger partial charge in [0.2, 0.25) is 5.91 Å². The van der Waals surface area contributed by atoms with Gasteiger partial charge in [0.1, 0.15) is 0 Å². The number of anilines is 1. The van der Waals surface area contributed by atoms with Crippen molar-refractivity contribution in [1.82, 2.24) is 14.4 Å². The van der Waals surface area contributed by atoms with Crippen LogP contribution in [-0.4, -0.2) is 46.8 Å². The van der Waals surface area contributed by atoms with Gasteiger partial charge in [0, 0.05) is 50.1 Å². The Morgan fingerprint density at radius 3 is 2.71 bits per heavy atom. The summed E-state index contributed by atoms with van der Waals surface area (Å²) in [7, 11) is 5.62. The van der Waals surface area contributed by atoms with Gasteiger partial charge in [-0.25, -0.2) is 0 Å². The lowest BCUT2D eigenvalue weighted by Crippen LogP contribution is -2.28. The maximum atomic E-state index is 13.0. The Bertz CT molecular complexity index is 1070. The number of amides is 2. The van der Waals surface area contributed by atoms with Crippen LogP contribution >= 0.6 is 0 Å². The first-order valence-electron chi connectivity index (χ1n) is 9.33. The third-order valence-electron chi connectivity index (χ3n) is 5.41. The molecule has 0 unspecified atom stereocenters. The number of nitrogens with zero attached hydrogens (tertiary/aromatic N) is 3. The highest BCUT2D eigenvalue weighted by molar-refractivity contribution is 5.95. The molecule has 4 rings (SSSR count). The maximum absolute atomic E-state index is 13.0. The molecular formula is C22H24N4O2. The van der Waals surface area contributed by atoms with Crippen molar-refractivity contribution in [3.8, 4) is 0 Å². The number of carbonyl (C=O) groups is 2. The predicted octanol–water partition coefficient (Wildman–Crippen LogP) is 2.83. The fourth-order valence-corrected chi connectivity index (χ4v) is 3.71. The number of fused-ring (bicyclic) bond motifs is 2. The molecule has 0 spiro atoms. The van der Waals surface area contributed by atoms with Crippen molar-refractivity contribution in [1.29, 1.82) is 0 Å². The highest BCUT2D eigenvalue weighted by atomic mass is 16.2. The standard InChI is InChI=1S/C22H24N4O2/c1-24-13-17-10-16(8-9-19(17)23-12-21(24)27)22(28)25(2)14-18-11-15-6-4-5-7-20(15)26(18)3/h4-11,23H,12-14H2,1-3H3. The van der Waals surface area contributed by atoms with E-state index in [2.05, 4.69) is 28.1 Å². The Balaban J connectivity index is 1.56. The van der Waals surface area contributed by atoms with E-state index in [9.17, 15) is 9.59 Å². The molecule has 6 nitrogen and oxygen atoms in total. The molecule has 0 radical (unpaired) electrons. The van der Waals surface area contributed by atoms with E-state index in [0.717, 1.165) is 22.5 Å². The maximum Gasteiger partial charge on any atom is 0.253 e. The molecule has 1 aromatic heterocycles. The summed E-state index contributed by atoms with van der Waals surface area (Å²) in [6.07, 6.45) is 0. The number of benzene rings is 2. The number of aryl methyl sites for hydroxylation is 1. The second-order valence-corrected chi connectivity index (χ2v) is 7.39. The zero-order valence-corrected chi connectivity index (χ0v) is 16.4. The molecule has 1 aliphatic heterocycles. The Morgan fingerprint density at radius 2 is 1.93 bits per heavy atom. The SMILES string of the molecule is CN1Cc2cc(C(=O)N(C)Cc3cc4ccccc4n3C)ccc2NCC1=O. The summed E-state index contributed by atoms with van der Waals surface area (Å²) in [5, 5.41) is 4.31. The van der Waals surface area contributed by atoms with E-state index in [-0.39, 0.29) is 18.4 Å². The van der Waals surface area contributed by atoms with Gasteiger partial charge in [-0.1, -0.05) is 18.2 Å². The fraction of sp³-hybridized carbons (Fsp3) is 0.273. The molecule has 0 fully saturated rings. The molecule has 0 saturated heterocycles. The molecule has 6 heteroatoms. The van der Waals surface area contributed by atoms with Gasteiger partial charge in [-0.15, -0.1) is 0 Å². The quantitative estimate of drug-likeness (QED) is 0.765. The number of likely N-dealkylation sites (N-methyl/N-ethyl adjacent to an activating group) is 1. The van der Waals surface area contributed by atoms with Crippen LogP contribution in [0.3, 0.4) is 0 Å². The molecule has 2 heterocycles. The zero-order chi connectivity index (χ0) is 19.8. The molecule has 1 N–H and O–H groups in total. The van der Waals surface area contributed by atoms with Crippen molar-refractivity contribution in [2.45, 2.75) is 13.1 Å². The van der Waals surface area contributed by atoms with E-state index < -0.39 is 0 Å². The summed E-state index contributed by atoms with van der Waals surface area (Å²) in [5.41, 5.74) is 4.73. The van der Waals surface area contributed by atoms with Gasteiger partial charge in [0.15, 0.2) is 0 Å². The van der Waals surface area contributed by atoms with E-state index >= 15 is 0 Å².